The second-order valence-electron chi connectivity index (χ2n) is 4.00. The van der Waals surface area contributed by atoms with Crippen LogP contribution in [-0.4, -0.2) is 13.2 Å². The van der Waals surface area contributed by atoms with Gasteiger partial charge < -0.3 is 10.1 Å². The fraction of sp³-hybridized carbons (Fsp3) is 0.455. The van der Waals surface area contributed by atoms with Crippen LogP contribution in [0, 0.1) is 5.82 Å². The second kappa shape index (κ2) is 2.70. The summed E-state index contributed by atoms with van der Waals surface area (Å²) >= 11 is 0. The first kappa shape index (κ1) is 8.24. The Kier molecular flexibility index (Phi) is 1.59. The third kappa shape index (κ3) is 0.989. The Morgan fingerprint density at radius 3 is 2.93 bits per heavy atom. The van der Waals surface area contributed by atoms with Gasteiger partial charge in [0.25, 0.3) is 0 Å². The molecule has 1 N–H and O–H groups in total. The second-order valence-corrected chi connectivity index (χ2v) is 4.00. The summed E-state index contributed by atoms with van der Waals surface area (Å²) in [5, 5.41) is 3.40. The molecular weight excluding hydrogens is 181 g/mol. The first-order valence-corrected chi connectivity index (χ1v) is 4.98. The van der Waals surface area contributed by atoms with E-state index in [4.69, 9.17) is 4.74 Å². The van der Waals surface area contributed by atoms with Crippen molar-refractivity contribution in [3.05, 3.63) is 29.6 Å². The Hall–Kier alpha value is -1.09. The lowest BCUT2D eigenvalue weighted by atomic mass is 9.77. The van der Waals surface area contributed by atoms with E-state index in [9.17, 15) is 4.39 Å². The van der Waals surface area contributed by atoms with Gasteiger partial charge in [0.2, 0.25) is 0 Å². The molecule has 2 heterocycles. The average molecular weight is 193 g/mol. The lowest BCUT2D eigenvalue weighted by Crippen LogP contribution is -2.56. The van der Waals surface area contributed by atoms with Crippen LogP contribution in [0.1, 0.15) is 18.4 Å². The number of halogens is 1. The van der Waals surface area contributed by atoms with E-state index in [1.165, 1.54) is 6.07 Å². The van der Waals surface area contributed by atoms with E-state index in [0.29, 0.717) is 0 Å². The zero-order valence-electron chi connectivity index (χ0n) is 7.85. The standard InChI is InChI=1S/C11H12FNO/c12-8-1-2-10-9(7-8)11(3-5-13-11)4-6-14-10/h1-2,7,13H,3-6H2/t11-/m1/s1. The van der Waals surface area contributed by atoms with Gasteiger partial charge in [0, 0.05) is 12.0 Å². The van der Waals surface area contributed by atoms with Crippen LogP contribution in [0.5, 0.6) is 5.75 Å². The molecule has 14 heavy (non-hydrogen) atoms. The van der Waals surface area contributed by atoms with E-state index in [-0.39, 0.29) is 11.4 Å². The lowest BCUT2D eigenvalue weighted by Gasteiger charge is -2.46. The van der Waals surface area contributed by atoms with E-state index in [2.05, 4.69) is 5.32 Å². The van der Waals surface area contributed by atoms with Gasteiger partial charge in [-0.25, -0.2) is 4.39 Å². The van der Waals surface area contributed by atoms with Crippen LogP contribution in [0.15, 0.2) is 18.2 Å². The van der Waals surface area contributed by atoms with Crippen LogP contribution in [0.2, 0.25) is 0 Å². The zero-order valence-corrected chi connectivity index (χ0v) is 7.85. The first-order valence-electron chi connectivity index (χ1n) is 4.98. The topological polar surface area (TPSA) is 21.3 Å². The van der Waals surface area contributed by atoms with Crippen LogP contribution in [0.25, 0.3) is 0 Å². The van der Waals surface area contributed by atoms with Crippen molar-refractivity contribution >= 4 is 0 Å². The SMILES string of the molecule is Fc1ccc2c(c1)[C@@]1(CCN1)CCO2. The summed E-state index contributed by atoms with van der Waals surface area (Å²) in [4.78, 5) is 0. The normalized spacial score (nSPS) is 29.2. The molecule has 3 heteroatoms. The number of nitrogens with one attached hydrogen (secondary N) is 1. The third-order valence-corrected chi connectivity index (χ3v) is 3.26. The molecule has 1 atom stereocenters. The van der Waals surface area contributed by atoms with Gasteiger partial charge in [0.1, 0.15) is 11.6 Å². The molecular formula is C11H12FNO. The minimum absolute atomic E-state index is 0.00961. The van der Waals surface area contributed by atoms with Crippen molar-refractivity contribution in [1.82, 2.24) is 5.32 Å². The predicted octanol–water partition coefficient (Wildman–Crippen LogP) is 1.80. The van der Waals surface area contributed by atoms with Crippen molar-refractivity contribution in [3.63, 3.8) is 0 Å². The average Bonchev–Trinajstić information content (AvgIpc) is 2.14. The monoisotopic (exact) mass is 193 g/mol. The summed E-state index contributed by atoms with van der Waals surface area (Å²) in [5.74, 6) is 0.659. The van der Waals surface area contributed by atoms with Crippen molar-refractivity contribution in [2.24, 2.45) is 0 Å². The maximum atomic E-state index is 13.1. The van der Waals surface area contributed by atoms with Crippen LogP contribution in [0.3, 0.4) is 0 Å². The Bertz CT molecular complexity index is 374. The number of benzene rings is 1. The summed E-state index contributed by atoms with van der Waals surface area (Å²) in [5.41, 5.74) is 1.00. The van der Waals surface area contributed by atoms with Gasteiger partial charge in [0.05, 0.1) is 12.1 Å². The maximum absolute atomic E-state index is 13.1. The van der Waals surface area contributed by atoms with E-state index in [1.54, 1.807) is 12.1 Å². The van der Waals surface area contributed by atoms with Crippen molar-refractivity contribution < 1.29 is 9.13 Å². The molecule has 0 unspecified atom stereocenters. The Labute approximate surface area is 82.1 Å². The molecule has 0 aromatic heterocycles. The Morgan fingerprint density at radius 2 is 2.21 bits per heavy atom. The Morgan fingerprint density at radius 1 is 1.36 bits per heavy atom. The Balaban J connectivity index is 2.12. The first-order chi connectivity index (χ1) is 6.80. The molecule has 2 aliphatic heterocycles. The molecule has 0 saturated carbocycles. The van der Waals surface area contributed by atoms with Gasteiger partial charge in [-0.15, -0.1) is 0 Å². The molecule has 1 aromatic carbocycles. The summed E-state index contributed by atoms with van der Waals surface area (Å²) in [6.45, 7) is 1.75. The fourth-order valence-corrected chi connectivity index (χ4v) is 2.34. The molecule has 2 aliphatic rings. The molecule has 3 rings (SSSR count). The number of hydrogen-bond acceptors (Lipinski definition) is 2. The molecule has 74 valence electrons. The molecule has 1 spiro atoms. The zero-order chi connectivity index (χ0) is 9.60. The van der Waals surface area contributed by atoms with Gasteiger partial charge in [-0.05, 0) is 31.2 Å². The van der Waals surface area contributed by atoms with Crippen LogP contribution in [-0.2, 0) is 5.54 Å². The summed E-state index contributed by atoms with van der Waals surface area (Å²) in [6, 6.07) is 4.78. The van der Waals surface area contributed by atoms with E-state index in [0.717, 1.165) is 37.3 Å². The number of rotatable bonds is 0. The summed E-state index contributed by atoms with van der Waals surface area (Å²) in [7, 11) is 0. The smallest absolute Gasteiger partial charge is 0.124 e. The van der Waals surface area contributed by atoms with E-state index >= 15 is 0 Å². The van der Waals surface area contributed by atoms with E-state index < -0.39 is 0 Å². The summed E-state index contributed by atoms with van der Waals surface area (Å²) in [6.07, 6.45) is 2.04. The molecule has 1 aromatic rings. The molecule has 0 amide bonds. The van der Waals surface area contributed by atoms with Crippen LogP contribution >= 0.6 is 0 Å². The fourth-order valence-electron chi connectivity index (χ4n) is 2.34. The highest BCUT2D eigenvalue weighted by Crippen LogP contribution is 2.43. The highest BCUT2D eigenvalue weighted by molar-refractivity contribution is 5.42. The minimum Gasteiger partial charge on any atom is -0.493 e. The largest absolute Gasteiger partial charge is 0.493 e. The highest BCUT2D eigenvalue weighted by atomic mass is 19.1. The quantitative estimate of drug-likeness (QED) is 0.678. The summed E-state index contributed by atoms with van der Waals surface area (Å²) < 4.78 is 18.6. The maximum Gasteiger partial charge on any atom is 0.124 e. The van der Waals surface area contributed by atoms with Gasteiger partial charge in [-0.2, -0.15) is 0 Å². The molecule has 1 fully saturated rings. The van der Waals surface area contributed by atoms with Gasteiger partial charge in [-0.3, -0.25) is 0 Å². The van der Waals surface area contributed by atoms with Gasteiger partial charge in [-0.1, -0.05) is 0 Å². The molecule has 2 nitrogen and oxygen atoms in total. The number of hydrogen-bond donors (Lipinski definition) is 1. The third-order valence-electron chi connectivity index (χ3n) is 3.26. The van der Waals surface area contributed by atoms with Crippen LogP contribution in [0.4, 0.5) is 4.39 Å². The molecule has 0 aliphatic carbocycles. The molecule has 0 radical (unpaired) electrons. The van der Waals surface area contributed by atoms with Crippen molar-refractivity contribution in [2.45, 2.75) is 18.4 Å². The van der Waals surface area contributed by atoms with E-state index in [1.807, 2.05) is 0 Å². The van der Waals surface area contributed by atoms with Crippen LogP contribution < -0.4 is 10.1 Å². The van der Waals surface area contributed by atoms with Gasteiger partial charge >= 0.3 is 0 Å². The molecule has 0 bridgehead atoms. The highest BCUT2D eigenvalue weighted by Gasteiger charge is 2.42. The van der Waals surface area contributed by atoms with Crippen molar-refractivity contribution in [3.8, 4) is 5.75 Å². The van der Waals surface area contributed by atoms with Gasteiger partial charge in [0.15, 0.2) is 0 Å². The van der Waals surface area contributed by atoms with Crippen molar-refractivity contribution in [1.29, 1.82) is 0 Å². The number of ether oxygens (including phenoxy) is 1. The predicted molar refractivity (Wildman–Crippen MR) is 50.8 cm³/mol. The number of fused-ring (bicyclic) bond motifs is 2. The lowest BCUT2D eigenvalue weighted by molar-refractivity contribution is 0.122. The minimum atomic E-state index is -0.178. The van der Waals surface area contributed by atoms with Crippen molar-refractivity contribution in [2.75, 3.05) is 13.2 Å². The molecule has 1 saturated heterocycles.